The average Bonchev–Trinajstić information content (AvgIpc) is 2.73. The zero-order valence-corrected chi connectivity index (χ0v) is 17.5. The number of hydrogen-bond donors (Lipinski definition) is 2. The number of benzene rings is 3. The smallest absolute Gasteiger partial charge is 0.346 e. The summed E-state index contributed by atoms with van der Waals surface area (Å²) in [5.74, 6) is -1.05. The van der Waals surface area contributed by atoms with Crippen molar-refractivity contribution in [2.45, 2.75) is 24.0 Å². The molecule has 0 fully saturated rings. The van der Waals surface area contributed by atoms with Crippen LogP contribution in [-0.2, 0) is 16.2 Å². The number of sulfonamides is 1. The summed E-state index contributed by atoms with van der Waals surface area (Å²) in [5, 5.41) is 2.68. The van der Waals surface area contributed by atoms with Gasteiger partial charge in [-0.05, 0) is 73.2 Å². The molecule has 0 heterocycles. The molecule has 0 aliphatic heterocycles. The van der Waals surface area contributed by atoms with Crippen molar-refractivity contribution in [3.05, 3.63) is 95.3 Å². The van der Waals surface area contributed by atoms with E-state index in [-0.39, 0.29) is 16.1 Å². The van der Waals surface area contributed by atoms with E-state index in [0.29, 0.717) is 5.56 Å². The number of amides is 1. The molecule has 3 aromatic carbocycles. The van der Waals surface area contributed by atoms with E-state index < -0.39 is 39.5 Å². The van der Waals surface area contributed by atoms with Crippen LogP contribution in [0.4, 0.5) is 23.2 Å². The van der Waals surface area contributed by atoms with E-state index in [1.54, 1.807) is 6.92 Å². The van der Waals surface area contributed by atoms with Gasteiger partial charge in [-0.15, -0.1) is 0 Å². The Bertz CT molecular complexity index is 1190. The van der Waals surface area contributed by atoms with Crippen LogP contribution in [0.2, 0.25) is 0 Å². The van der Waals surface area contributed by atoms with Crippen molar-refractivity contribution in [2.24, 2.45) is 0 Å². The second-order valence-electron chi connectivity index (χ2n) is 6.95. The lowest BCUT2D eigenvalue weighted by molar-refractivity contribution is -0.137. The van der Waals surface area contributed by atoms with Crippen molar-refractivity contribution in [1.29, 1.82) is 0 Å². The fraction of sp³-hybridized carbons (Fsp3) is 0.136. The highest BCUT2D eigenvalue weighted by molar-refractivity contribution is 7.92. The van der Waals surface area contributed by atoms with Gasteiger partial charge in [0.25, 0.3) is 15.9 Å². The minimum atomic E-state index is -4.44. The molecule has 10 heteroatoms. The molecule has 0 radical (unpaired) electrons. The molecule has 1 unspecified atom stereocenters. The van der Waals surface area contributed by atoms with Crippen molar-refractivity contribution >= 4 is 21.6 Å². The third kappa shape index (κ3) is 5.64. The van der Waals surface area contributed by atoms with Crippen LogP contribution in [0.15, 0.2) is 77.7 Å². The van der Waals surface area contributed by atoms with E-state index in [1.807, 2.05) is 0 Å². The number of alkyl halides is 3. The Balaban J connectivity index is 1.65. The quantitative estimate of drug-likeness (QED) is 0.494. The Labute approximate surface area is 182 Å². The van der Waals surface area contributed by atoms with Crippen LogP contribution >= 0.6 is 0 Å². The summed E-state index contributed by atoms with van der Waals surface area (Å²) in [4.78, 5) is 12.3. The molecule has 3 aromatic rings. The van der Waals surface area contributed by atoms with Crippen LogP contribution in [0.1, 0.15) is 34.5 Å². The fourth-order valence-electron chi connectivity index (χ4n) is 2.84. The summed E-state index contributed by atoms with van der Waals surface area (Å²) < 4.78 is 78.0. The van der Waals surface area contributed by atoms with E-state index in [1.165, 1.54) is 36.4 Å². The molecule has 0 aliphatic rings. The predicted octanol–water partition coefficient (Wildman–Crippen LogP) is 5.14. The highest BCUT2D eigenvalue weighted by Crippen LogP contribution is 2.30. The molecule has 0 aromatic heterocycles. The molecule has 5 nitrogen and oxygen atoms in total. The van der Waals surface area contributed by atoms with Crippen molar-refractivity contribution in [1.82, 2.24) is 5.32 Å². The number of halogens is 4. The normalized spacial score (nSPS) is 12.8. The minimum absolute atomic E-state index is 0.119. The molecule has 168 valence electrons. The van der Waals surface area contributed by atoms with Gasteiger partial charge in [0.15, 0.2) is 0 Å². The zero-order valence-electron chi connectivity index (χ0n) is 16.7. The van der Waals surface area contributed by atoms with Gasteiger partial charge in [0.2, 0.25) is 0 Å². The summed E-state index contributed by atoms with van der Waals surface area (Å²) in [6.45, 7) is 1.63. The summed E-state index contributed by atoms with van der Waals surface area (Å²) in [6.07, 6.45) is -4.44. The summed E-state index contributed by atoms with van der Waals surface area (Å²) in [6, 6.07) is 13.8. The van der Waals surface area contributed by atoms with Crippen LogP contribution in [-0.4, -0.2) is 14.3 Å². The second-order valence-corrected chi connectivity index (χ2v) is 8.63. The van der Waals surface area contributed by atoms with Crippen molar-refractivity contribution in [3.8, 4) is 0 Å². The van der Waals surface area contributed by atoms with E-state index in [9.17, 15) is 30.8 Å². The molecule has 0 aliphatic carbocycles. The van der Waals surface area contributed by atoms with Gasteiger partial charge in [0.05, 0.1) is 16.5 Å². The van der Waals surface area contributed by atoms with Gasteiger partial charge in [-0.25, -0.2) is 12.8 Å². The maximum absolute atomic E-state index is 13.0. The average molecular weight is 466 g/mol. The predicted molar refractivity (Wildman–Crippen MR) is 111 cm³/mol. The van der Waals surface area contributed by atoms with Crippen LogP contribution in [0.3, 0.4) is 0 Å². The number of carbonyl (C=O) groups excluding carboxylic acids is 1. The van der Waals surface area contributed by atoms with Gasteiger partial charge in [0.1, 0.15) is 5.82 Å². The molecular weight excluding hydrogens is 448 g/mol. The molecule has 32 heavy (non-hydrogen) atoms. The molecule has 1 atom stereocenters. The standard InChI is InChI=1S/C22H18F4N2O3S/c1-14(15-2-6-17(7-3-15)22(24,25)26)27-21(29)16-4-10-19(11-5-16)28-32(30,31)20-12-8-18(23)9-13-20/h2-14,28H,1H3,(H,27,29). The Morgan fingerprint density at radius 1 is 0.875 bits per heavy atom. The topological polar surface area (TPSA) is 75.3 Å². The number of carbonyl (C=O) groups is 1. The highest BCUT2D eigenvalue weighted by atomic mass is 32.2. The lowest BCUT2D eigenvalue weighted by Gasteiger charge is -2.16. The van der Waals surface area contributed by atoms with Gasteiger partial charge in [-0.1, -0.05) is 12.1 Å². The second kappa shape index (κ2) is 8.99. The molecule has 0 bridgehead atoms. The molecule has 0 saturated heterocycles. The highest BCUT2D eigenvalue weighted by Gasteiger charge is 2.30. The van der Waals surface area contributed by atoms with Crippen molar-refractivity contribution < 1.29 is 30.8 Å². The van der Waals surface area contributed by atoms with E-state index in [4.69, 9.17) is 0 Å². The first-order chi connectivity index (χ1) is 15.0. The molecular formula is C22H18F4N2O3S. The minimum Gasteiger partial charge on any atom is -0.346 e. The van der Waals surface area contributed by atoms with Crippen LogP contribution in [0, 0.1) is 5.82 Å². The van der Waals surface area contributed by atoms with Crippen LogP contribution < -0.4 is 10.0 Å². The largest absolute Gasteiger partial charge is 0.416 e. The number of anilines is 1. The maximum Gasteiger partial charge on any atom is 0.416 e. The SMILES string of the molecule is CC(NC(=O)c1ccc(NS(=O)(=O)c2ccc(F)cc2)cc1)c1ccc(C(F)(F)F)cc1. The van der Waals surface area contributed by atoms with Crippen molar-refractivity contribution in [2.75, 3.05) is 4.72 Å². The first-order valence-electron chi connectivity index (χ1n) is 9.32. The summed E-state index contributed by atoms with van der Waals surface area (Å²) in [5.41, 5.74) is 0.142. The van der Waals surface area contributed by atoms with E-state index in [0.717, 1.165) is 36.4 Å². The first kappa shape index (κ1) is 23.3. The van der Waals surface area contributed by atoms with Crippen molar-refractivity contribution in [3.63, 3.8) is 0 Å². The number of hydrogen-bond acceptors (Lipinski definition) is 3. The molecule has 1 amide bonds. The number of rotatable bonds is 6. The van der Waals surface area contributed by atoms with Crippen LogP contribution in [0.5, 0.6) is 0 Å². The Kier molecular flexibility index (Phi) is 6.54. The Morgan fingerprint density at radius 3 is 1.97 bits per heavy atom. The molecule has 0 saturated carbocycles. The van der Waals surface area contributed by atoms with E-state index in [2.05, 4.69) is 10.0 Å². The van der Waals surface area contributed by atoms with Gasteiger partial charge in [-0.3, -0.25) is 9.52 Å². The lowest BCUT2D eigenvalue weighted by Crippen LogP contribution is -2.26. The van der Waals surface area contributed by atoms with Crippen LogP contribution in [0.25, 0.3) is 0 Å². The number of nitrogens with one attached hydrogen (secondary N) is 2. The lowest BCUT2D eigenvalue weighted by atomic mass is 10.1. The van der Waals surface area contributed by atoms with E-state index >= 15 is 0 Å². The molecule has 2 N–H and O–H groups in total. The third-order valence-electron chi connectivity index (χ3n) is 4.61. The zero-order chi connectivity index (χ0) is 23.5. The maximum atomic E-state index is 13.0. The molecule has 0 spiro atoms. The fourth-order valence-corrected chi connectivity index (χ4v) is 3.90. The van der Waals surface area contributed by atoms with Gasteiger partial charge in [-0.2, -0.15) is 13.2 Å². The Morgan fingerprint density at radius 2 is 1.44 bits per heavy atom. The van der Waals surface area contributed by atoms with Gasteiger partial charge in [0, 0.05) is 11.3 Å². The first-order valence-corrected chi connectivity index (χ1v) is 10.8. The Hall–Kier alpha value is -3.40. The molecule has 3 rings (SSSR count). The van der Waals surface area contributed by atoms with Gasteiger partial charge < -0.3 is 5.32 Å². The monoisotopic (exact) mass is 466 g/mol. The third-order valence-corrected chi connectivity index (χ3v) is 6.01. The summed E-state index contributed by atoms with van der Waals surface area (Å²) in [7, 11) is -3.93. The summed E-state index contributed by atoms with van der Waals surface area (Å²) >= 11 is 0. The van der Waals surface area contributed by atoms with Gasteiger partial charge >= 0.3 is 6.18 Å².